The van der Waals surface area contributed by atoms with Crippen molar-refractivity contribution < 1.29 is 9.53 Å². The lowest BCUT2D eigenvalue weighted by molar-refractivity contribution is -0.137. The van der Waals surface area contributed by atoms with Gasteiger partial charge in [-0.05, 0) is 49.6 Å². The number of amides is 1. The molecule has 0 atom stereocenters. The SMILES string of the molecule is COC1CCC(C(=O)N2CCCN(c3cc(-c4cc5ccccc5s4)ncn3)CC2)CC1. The van der Waals surface area contributed by atoms with E-state index in [1.165, 1.54) is 10.1 Å². The Balaban J connectivity index is 1.25. The molecule has 0 radical (unpaired) electrons. The Morgan fingerprint density at radius 2 is 1.88 bits per heavy atom. The molecule has 2 fully saturated rings. The highest BCUT2D eigenvalue weighted by molar-refractivity contribution is 7.22. The fraction of sp³-hybridized carbons (Fsp3) is 0.480. The molecule has 32 heavy (non-hydrogen) atoms. The van der Waals surface area contributed by atoms with Gasteiger partial charge in [0, 0.05) is 50.0 Å². The lowest BCUT2D eigenvalue weighted by Crippen LogP contribution is -2.40. The molecule has 1 aromatic carbocycles. The third-order valence-corrected chi connectivity index (χ3v) is 7.96. The minimum Gasteiger partial charge on any atom is -0.381 e. The molecule has 0 N–H and O–H groups in total. The summed E-state index contributed by atoms with van der Waals surface area (Å²) < 4.78 is 6.73. The van der Waals surface area contributed by atoms with Gasteiger partial charge in [0.25, 0.3) is 0 Å². The summed E-state index contributed by atoms with van der Waals surface area (Å²) in [6, 6.07) is 12.7. The van der Waals surface area contributed by atoms with Gasteiger partial charge in [-0.25, -0.2) is 9.97 Å². The quantitative estimate of drug-likeness (QED) is 0.581. The predicted molar refractivity (Wildman–Crippen MR) is 129 cm³/mol. The average Bonchev–Trinajstić information content (AvgIpc) is 3.13. The zero-order chi connectivity index (χ0) is 21.9. The van der Waals surface area contributed by atoms with Crippen molar-refractivity contribution in [3.8, 4) is 10.6 Å². The van der Waals surface area contributed by atoms with Gasteiger partial charge in [0.2, 0.25) is 5.91 Å². The zero-order valence-corrected chi connectivity index (χ0v) is 19.4. The Kier molecular flexibility index (Phi) is 6.37. The maximum atomic E-state index is 13.1. The molecule has 3 heterocycles. The molecular weight excluding hydrogens is 420 g/mol. The number of methoxy groups -OCH3 is 1. The van der Waals surface area contributed by atoms with Crippen LogP contribution >= 0.6 is 11.3 Å². The highest BCUT2D eigenvalue weighted by Crippen LogP contribution is 2.33. The highest BCUT2D eigenvalue weighted by atomic mass is 32.1. The number of anilines is 1. The summed E-state index contributed by atoms with van der Waals surface area (Å²) in [5, 5.41) is 1.25. The van der Waals surface area contributed by atoms with Gasteiger partial charge >= 0.3 is 0 Å². The molecule has 168 valence electrons. The van der Waals surface area contributed by atoms with Crippen LogP contribution in [0.15, 0.2) is 42.7 Å². The van der Waals surface area contributed by atoms with E-state index < -0.39 is 0 Å². The van der Waals surface area contributed by atoms with E-state index in [0.717, 1.165) is 74.7 Å². The average molecular weight is 451 g/mol. The molecule has 2 aromatic heterocycles. The van der Waals surface area contributed by atoms with E-state index in [1.54, 1.807) is 24.8 Å². The summed E-state index contributed by atoms with van der Waals surface area (Å²) in [5.74, 6) is 1.43. The minimum atomic E-state index is 0.159. The Morgan fingerprint density at radius 1 is 1.03 bits per heavy atom. The van der Waals surface area contributed by atoms with Crippen molar-refractivity contribution in [3.63, 3.8) is 0 Å². The maximum absolute atomic E-state index is 13.1. The molecular formula is C25H30N4O2S. The van der Waals surface area contributed by atoms with Crippen molar-refractivity contribution in [2.45, 2.75) is 38.2 Å². The molecule has 7 heteroatoms. The van der Waals surface area contributed by atoms with Crippen molar-refractivity contribution >= 4 is 33.1 Å². The van der Waals surface area contributed by atoms with Gasteiger partial charge in [-0.15, -0.1) is 11.3 Å². The number of carbonyl (C=O) groups excluding carboxylic acids is 1. The number of rotatable bonds is 4. The zero-order valence-electron chi connectivity index (χ0n) is 18.6. The number of aromatic nitrogens is 2. The largest absolute Gasteiger partial charge is 0.381 e. The third-order valence-electron chi connectivity index (χ3n) is 6.82. The fourth-order valence-corrected chi connectivity index (χ4v) is 5.96. The molecule has 1 amide bonds. The number of benzene rings is 1. The van der Waals surface area contributed by atoms with Gasteiger partial charge in [0.1, 0.15) is 12.1 Å². The lowest BCUT2D eigenvalue weighted by Gasteiger charge is -2.31. The first-order valence-corrected chi connectivity index (χ1v) is 12.4. The Labute approximate surface area is 193 Å². The first-order valence-electron chi connectivity index (χ1n) is 11.6. The van der Waals surface area contributed by atoms with Crippen molar-refractivity contribution in [2.75, 3.05) is 38.2 Å². The van der Waals surface area contributed by atoms with E-state index in [-0.39, 0.29) is 5.92 Å². The van der Waals surface area contributed by atoms with E-state index in [0.29, 0.717) is 12.0 Å². The van der Waals surface area contributed by atoms with Crippen LogP contribution in [-0.2, 0) is 9.53 Å². The number of carbonyl (C=O) groups is 1. The minimum absolute atomic E-state index is 0.159. The number of thiophene rings is 1. The van der Waals surface area contributed by atoms with Gasteiger partial charge < -0.3 is 14.5 Å². The van der Waals surface area contributed by atoms with Crippen LogP contribution < -0.4 is 4.90 Å². The maximum Gasteiger partial charge on any atom is 0.225 e. The number of hydrogen-bond donors (Lipinski definition) is 0. The standard InChI is InChI=1S/C25H30N4O2S/c1-31-20-9-7-18(8-10-20)25(30)29-12-4-11-28(13-14-29)24-16-21(26-17-27-24)23-15-19-5-2-3-6-22(19)32-23/h2-3,5-6,15-18,20H,4,7-14H2,1H3. The van der Waals surface area contributed by atoms with Gasteiger partial charge in [0.05, 0.1) is 16.7 Å². The molecule has 6 nitrogen and oxygen atoms in total. The summed E-state index contributed by atoms with van der Waals surface area (Å²) >= 11 is 1.76. The summed E-state index contributed by atoms with van der Waals surface area (Å²) in [6.45, 7) is 3.30. The number of ether oxygens (including phenoxy) is 1. The van der Waals surface area contributed by atoms with E-state index >= 15 is 0 Å². The Bertz CT molecular complexity index is 1040. The van der Waals surface area contributed by atoms with Crippen molar-refractivity contribution in [2.24, 2.45) is 5.92 Å². The number of hydrogen-bond acceptors (Lipinski definition) is 6. The Hall–Kier alpha value is -2.51. The molecule has 0 bridgehead atoms. The predicted octanol–water partition coefficient (Wildman–Crippen LogP) is 4.60. The first-order chi connectivity index (χ1) is 15.7. The fourth-order valence-electron chi connectivity index (χ4n) is 4.93. The van der Waals surface area contributed by atoms with E-state index in [4.69, 9.17) is 4.74 Å². The van der Waals surface area contributed by atoms with E-state index in [1.807, 2.05) is 0 Å². The number of nitrogens with zero attached hydrogens (tertiary/aromatic N) is 4. The molecule has 1 saturated carbocycles. The summed E-state index contributed by atoms with van der Waals surface area (Å²) in [5.41, 5.74) is 0.961. The van der Waals surface area contributed by atoms with Crippen molar-refractivity contribution in [3.05, 3.63) is 42.7 Å². The smallest absolute Gasteiger partial charge is 0.225 e. The van der Waals surface area contributed by atoms with Gasteiger partial charge in [-0.2, -0.15) is 0 Å². The summed E-state index contributed by atoms with van der Waals surface area (Å²) in [7, 11) is 1.77. The summed E-state index contributed by atoms with van der Waals surface area (Å²) in [6.07, 6.45) is 6.83. The van der Waals surface area contributed by atoms with Crippen LogP contribution in [0.25, 0.3) is 20.7 Å². The van der Waals surface area contributed by atoms with E-state index in [9.17, 15) is 4.79 Å². The first kappa shape index (κ1) is 21.3. The second-order valence-corrected chi connectivity index (χ2v) is 9.87. The topological polar surface area (TPSA) is 58.6 Å². The van der Waals surface area contributed by atoms with Crippen LogP contribution in [0.1, 0.15) is 32.1 Å². The van der Waals surface area contributed by atoms with Crippen LogP contribution in [0, 0.1) is 5.92 Å². The number of fused-ring (bicyclic) bond motifs is 1. The molecule has 2 aliphatic rings. The molecule has 0 unspecified atom stereocenters. The highest BCUT2D eigenvalue weighted by Gasteiger charge is 2.30. The van der Waals surface area contributed by atoms with E-state index in [2.05, 4.69) is 56.2 Å². The molecule has 1 aliphatic heterocycles. The molecule has 1 saturated heterocycles. The molecule has 3 aromatic rings. The summed E-state index contributed by atoms with van der Waals surface area (Å²) in [4.78, 5) is 27.7. The lowest BCUT2D eigenvalue weighted by atomic mass is 9.86. The van der Waals surface area contributed by atoms with Crippen LogP contribution in [0.2, 0.25) is 0 Å². The van der Waals surface area contributed by atoms with Crippen LogP contribution in [0.4, 0.5) is 5.82 Å². The van der Waals surface area contributed by atoms with Crippen LogP contribution in [0.3, 0.4) is 0 Å². The molecule has 5 rings (SSSR count). The Morgan fingerprint density at radius 3 is 2.69 bits per heavy atom. The van der Waals surface area contributed by atoms with Crippen LogP contribution in [-0.4, -0.2) is 60.2 Å². The van der Waals surface area contributed by atoms with Crippen molar-refractivity contribution in [1.82, 2.24) is 14.9 Å². The second kappa shape index (κ2) is 9.55. The monoisotopic (exact) mass is 450 g/mol. The second-order valence-electron chi connectivity index (χ2n) is 8.79. The van der Waals surface area contributed by atoms with Crippen molar-refractivity contribution in [1.29, 1.82) is 0 Å². The molecule has 1 aliphatic carbocycles. The van der Waals surface area contributed by atoms with Crippen LogP contribution in [0.5, 0.6) is 0 Å². The van der Waals surface area contributed by atoms with Gasteiger partial charge in [-0.1, -0.05) is 18.2 Å². The van der Waals surface area contributed by atoms with Gasteiger partial charge in [0.15, 0.2) is 0 Å². The normalized spacial score (nSPS) is 22.2. The third kappa shape index (κ3) is 4.50. The molecule has 0 spiro atoms. The van der Waals surface area contributed by atoms with Gasteiger partial charge in [-0.3, -0.25) is 4.79 Å².